The zero-order chi connectivity index (χ0) is 14.0. The summed E-state index contributed by atoms with van der Waals surface area (Å²) in [6.45, 7) is 6.54. The van der Waals surface area contributed by atoms with E-state index in [1.165, 1.54) is 0 Å². The second-order valence-electron chi connectivity index (χ2n) is 3.72. The molecule has 0 heterocycles. The Balaban J connectivity index is 4.26. The van der Waals surface area contributed by atoms with Crippen LogP contribution in [0.4, 0.5) is 0 Å². The molecular formula is C11H19N3O4. The highest BCUT2D eigenvalue weighted by Crippen LogP contribution is 2.03. The molecule has 0 spiro atoms. The van der Waals surface area contributed by atoms with Crippen molar-refractivity contribution in [1.82, 2.24) is 5.32 Å². The Morgan fingerprint density at radius 3 is 2.39 bits per heavy atom. The van der Waals surface area contributed by atoms with E-state index in [0.717, 1.165) is 0 Å². The third-order valence-electron chi connectivity index (χ3n) is 2.37. The number of carboxylic acids is 1. The number of aliphatic hydroxyl groups excluding tert-OH is 1. The zero-order valence-electron chi connectivity index (χ0n) is 10.2. The van der Waals surface area contributed by atoms with Gasteiger partial charge >= 0.3 is 5.97 Å². The smallest absolute Gasteiger partial charge is 0.326 e. The van der Waals surface area contributed by atoms with E-state index in [0.29, 0.717) is 25.8 Å². The van der Waals surface area contributed by atoms with Gasteiger partial charge in [0.2, 0.25) is 5.91 Å². The Morgan fingerprint density at radius 1 is 1.28 bits per heavy atom. The van der Waals surface area contributed by atoms with Crippen molar-refractivity contribution in [3.8, 4) is 0 Å². The number of aliphatic imine (C=N–C) groups is 2. The van der Waals surface area contributed by atoms with Crippen LogP contribution in [-0.2, 0) is 9.59 Å². The van der Waals surface area contributed by atoms with E-state index in [-0.39, 0.29) is 0 Å². The van der Waals surface area contributed by atoms with Gasteiger partial charge in [-0.05, 0) is 32.7 Å². The number of carboxylic acid groups (broad SMARTS) is 1. The molecule has 0 rings (SSSR count). The van der Waals surface area contributed by atoms with Crippen LogP contribution in [-0.4, -0.2) is 60.8 Å². The Morgan fingerprint density at radius 2 is 1.94 bits per heavy atom. The molecule has 0 aromatic heterocycles. The van der Waals surface area contributed by atoms with Crippen molar-refractivity contribution in [2.45, 2.75) is 31.3 Å². The molecule has 0 saturated heterocycles. The molecule has 0 aliphatic carbocycles. The van der Waals surface area contributed by atoms with Gasteiger partial charge in [0.15, 0.2) is 6.04 Å². The Labute approximate surface area is 106 Å². The number of rotatable bonds is 10. The summed E-state index contributed by atoms with van der Waals surface area (Å²) in [5.41, 5.74) is 0. The molecule has 2 unspecified atom stereocenters. The molecule has 0 saturated carbocycles. The molecule has 0 bridgehead atoms. The Kier molecular flexibility index (Phi) is 8.38. The van der Waals surface area contributed by atoms with Crippen LogP contribution in [0, 0.1) is 0 Å². The standard InChI is InChI=1S/C11H19N3O4/c1-12-6-4-3-5-8(11(17)18)14-10(16)9(7-15)13-2/h8-9,15H,1-7H2,(H,14,16)(H,17,18). The van der Waals surface area contributed by atoms with Crippen LogP contribution in [0.25, 0.3) is 0 Å². The molecule has 102 valence electrons. The van der Waals surface area contributed by atoms with E-state index in [1.54, 1.807) is 0 Å². The highest BCUT2D eigenvalue weighted by Gasteiger charge is 2.23. The first-order valence-corrected chi connectivity index (χ1v) is 5.59. The number of amides is 1. The molecule has 0 aliphatic rings. The fraction of sp³-hybridized carbons (Fsp3) is 0.636. The van der Waals surface area contributed by atoms with Crippen LogP contribution >= 0.6 is 0 Å². The monoisotopic (exact) mass is 257 g/mol. The lowest BCUT2D eigenvalue weighted by Crippen LogP contribution is -2.45. The van der Waals surface area contributed by atoms with Gasteiger partial charge < -0.3 is 20.5 Å². The molecule has 0 radical (unpaired) electrons. The predicted octanol–water partition coefficient (Wildman–Crippen LogP) is -0.512. The van der Waals surface area contributed by atoms with Gasteiger partial charge in [-0.2, -0.15) is 0 Å². The van der Waals surface area contributed by atoms with Gasteiger partial charge in [-0.1, -0.05) is 0 Å². The van der Waals surface area contributed by atoms with Crippen LogP contribution in [0.5, 0.6) is 0 Å². The lowest BCUT2D eigenvalue weighted by atomic mass is 10.1. The molecule has 0 fully saturated rings. The van der Waals surface area contributed by atoms with Crippen LogP contribution in [0.1, 0.15) is 19.3 Å². The van der Waals surface area contributed by atoms with Crippen molar-refractivity contribution in [2.24, 2.45) is 9.98 Å². The summed E-state index contributed by atoms with van der Waals surface area (Å²) in [6.07, 6.45) is 1.62. The number of aliphatic carboxylic acids is 1. The number of aliphatic hydroxyl groups is 1. The maximum atomic E-state index is 11.5. The van der Waals surface area contributed by atoms with Gasteiger partial charge in [-0.25, -0.2) is 4.79 Å². The first kappa shape index (κ1) is 16.2. The van der Waals surface area contributed by atoms with Crippen LogP contribution in [0.3, 0.4) is 0 Å². The van der Waals surface area contributed by atoms with Gasteiger partial charge in [0.1, 0.15) is 6.04 Å². The highest BCUT2D eigenvalue weighted by atomic mass is 16.4. The minimum atomic E-state index is -1.12. The lowest BCUT2D eigenvalue weighted by molar-refractivity contribution is -0.142. The minimum absolute atomic E-state index is 0.298. The van der Waals surface area contributed by atoms with E-state index >= 15 is 0 Å². The van der Waals surface area contributed by atoms with Crippen molar-refractivity contribution in [3.63, 3.8) is 0 Å². The van der Waals surface area contributed by atoms with Gasteiger partial charge in [0.25, 0.3) is 0 Å². The minimum Gasteiger partial charge on any atom is -0.480 e. The Bertz CT molecular complexity index is 307. The molecule has 0 aliphatic heterocycles. The number of nitrogens with zero attached hydrogens (tertiary/aromatic N) is 2. The number of carbonyl (C=O) groups is 2. The van der Waals surface area contributed by atoms with E-state index in [1.807, 2.05) is 0 Å². The first-order chi connectivity index (χ1) is 8.56. The van der Waals surface area contributed by atoms with Gasteiger partial charge in [0, 0.05) is 6.54 Å². The van der Waals surface area contributed by atoms with Crippen molar-refractivity contribution >= 4 is 25.3 Å². The summed E-state index contributed by atoms with van der Waals surface area (Å²) < 4.78 is 0. The summed E-state index contributed by atoms with van der Waals surface area (Å²) in [5, 5.41) is 20.1. The number of hydrogen-bond donors (Lipinski definition) is 3. The second-order valence-corrected chi connectivity index (χ2v) is 3.72. The third kappa shape index (κ3) is 6.09. The van der Waals surface area contributed by atoms with E-state index in [9.17, 15) is 9.59 Å². The number of unbranched alkanes of at least 4 members (excludes halogenated alkanes) is 1. The highest BCUT2D eigenvalue weighted by molar-refractivity contribution is 5.87. The maximum Gasteiger partial charge on any atom is 0.326 e. The van der Waals surface area contributed by atoms with Crippen molar-refractivity contribution < 1.29 is 19.8 Å². The van der Waals surface area contributed by atoms with Gasteiger partial charge in [0.05, 0.1) is 6.61 Å². The van der Waals surface area contributed by atoms with Crippen LogP contribution in [0.2, 0.25) is 0 Å². The first-order valence-electron chi connectivity index (χ1n) is 5.59. The number of nitrogens with one attached hydrogen (secondary N) is 1. The molecular weight excluding hydrogens is 238 g/mol. The summed E-state index contributed by atoms with van der Waals surface area (Å²) >= 11 is 0. The van der Waals surface area contributed by atoms with Crippen molar-refractivity contribution in [2.75, 3.05) is 13.2 Å². The lowest BCUT2D eigenvalue weighted by Gasteiger charge is -2.16. The molecule has 7 nitrogen and oxygen atoms in total. The van der Waals surface area contributed by atoms with E-state index in [4.69, 9.17) is 10.2 Å². The third-order valence-corrected chi connectivity index (χ3v) is 2.37. The quantitative estimate of drug-likeness (QED) is 0.361. The van der Waals surface area contributed by atoms with Crippen molar-refractivity contribution in [3.05, 3.63) is 0 Å². The molecule has 1 amide bonds. The normalized spacial score (nSPS) is 13.4. The molecule has 0 aromatic rings. The van der Waals surface area contributed by atoms with Crippen LogP contribution in [0.15, 0.2) is 9.98 Å². The fourth-order valence-electron chi connectivity index (χ4n) is 1.32. The summed E-state index contributed by atoms with van der Waals surface area (Å²) in [6, 6.07) is -2.01. The van der Waals surface area contributed by atoms with Gasteiger partial charge in [-0.15, -0.1) is 0 Å². The SMILES string of the molecule is C=NCCCCC(NC(=O)C(CO)N=C)C(=O)O. The fourth-order valence-corrected chi connectivity index (χ4v) is 1.32. The molecule has 7 heteroatoms. The van der Waals surface area contributed by atoms with Crippen molar-refractivity contribution in [1.29, 1.82) is 0 Å². The predicted molar refractivity (Wildman–Crippen MR) is 68.3 cm³/mol. The van der Waals surface area contributed by atoms with E-state index in [2.05, 4.69) is 28.7 Å². The summed E-state index contributed by atoms with van der Waals surface area (Å²) in [7, 11) is 0. The summed E-state index contributed by atoms with van der Waals surface area (Å²) in [4.78, 5) is 29.5. The average Bonchev–Trinajstić information content (AvgIpc) is 2.34. The average molecular weight is 257 g/mol. The van der Waals surface area contributed by atoms with Gasteiger partial charge in [-0.3, -0.25) is 9.79 Å². The van der Waals surface area contributed by atoms with E-state index < -0.39 is 30.6 Å². The zero-order valence-corrected chi connectivity index (χ0v) is 10.2. The number of carbonyl (C=O) groups excluding carboxylic acids is 1. The topological polar surface area (TPSA) is 111 Å². The second kappa shape index (κ2) is 9.29. The Hall–Kier alpha value is -1.76. The van der Waals surface area contributed by atoms with Crippen LogP contribution < -0.4 is 5.32 Å². The maximum absolute atomic E-state index is 11.5. The largest absolute Gasteiger partial charge is 0.480 e. The molecule has 3 N–H and O–H groups in total. The molecule has 2 atom stereocenters. The molecule has 18 heavy (non-hydrogen) atoms. The summed E-state index contributed by atoms with van der Waals surface area (Å²) in [5.74, 6) is -1.75. The molecule has 0 aromatic carbocycles. The number of hydrogen-bond acceptors (Lipinski definition) is 5.